The van der Waals surface area contributed by atoms with Crippen LogP contribution in [0, 0.1) is 30.6 Å². The summed E-state index contributed by atoms with van der Waals surface area (Å²) in [6.45, 7) is 2.66. The van der Waals surface area contributed by atoms with Gasteiger partial charge >= 0.3 is 30.2 Å². The molecule has 5 aliphatic heterocycles. The van der Waals surface area contributed by atoms with Crippen LogP contribution < -0.4 is 4.90 Å². The van der Waals surface area contributed by atoms with Crippen molar-refractivity contribution in [2.45, 2.75) is 312 Å². The zero-order valence-electron chi connectivity index (χ0n) is 82.0. The molecule has 3 unspecified atom stereocenters. The Labute approximate surface area is 834 Å². The molecule has 0 radical (unpaired) electrons. The van der Waals surface area contributed by atoms with Gasteiger partial charge in [0.2, 0.25) is 59.1 Å². The maximum Gasteiger partial charge on any atom is 0.338 e. The van der Waals surface area contributed by atoms with E-state index in [1.54, 1.807) is 36.4 Å². The van der Waals surface area contributed by atoms with E-state index in [0.717, 1.165) is 258 Å². The topological polar surface area (TPSA) is 288 Å². The number of para-hydroxylation sites is 1. The van der Waals surface area contributed by atoms with E-state index in [4.69, 9.17) is 0 Å². The summed E-state index contributed by atoms with van der Waals surface area (Å²) in [5, 5.41) is 0. The third-order valence-electron chi connectivity index (χ3n) is 31.0. The van der Waals surface area contributed by atoms with Crippen LogP contribution in [0.4, 0.5) is 29.7 Å². The lowest BCUT2D eigenvalue weighted by Gasteiger charge is -2.45. The highest BCUT2D eigenvalue weighted by atomic mass is 16.2. The number of rotatable bonds is 21. The first kappa shape index (κ1) is 102. The fraction of sp³-hybridized carbons (Fsp3) is 0.462. The molecule has 8 aromatic rings. The lowest BCUT2D eigenvalue weighted by Crippen LogP contribution is -2.65. The van der Waals surface area contributed by atoms with Crippen LogP contribution >= 0.6 is 0 Å². The molecule has 7 aliphatic carbocycles. The summed E-state index contributed by atoms with van der Waals surface area (Å²) in [4.78, 5) is 213. The third-order valence-corrected chi connectivity index (χ3v) is 31.0. The highest BCUT2D eigenvalue weighted by Crippen LogP contribution is 2.43. The van der Waals surface area contributed by atoms with Crippen molar-refractivity contribution >= 4 is 94.9 Å². The van der Waals surface area contributed by atoms with Crippen molar-refractivity contribution in [3.63, 3.8) is 0 Å². The smallest absolute Gasteiger partial charge is 0.273 e. The van der Waals surface area contributed by atoms with Gasteiger partial charge in [0.15, 0.2) is 0 Å². The average molecular weight is 1920 g/mol. The first-order valence-electron chi connectivity index (χ1n) is 52.5. The van der Waals surface area contributed by atoms with E-state index in [9.17, 15) is 71.9 Å². The molecule has 25 heteroatoms. The standard InChI is InChI=1S/C25H28N2O3.C24H26N2O3.C23H24N2O3.C23H30N2O3.C22H28N2O3/c1-18-12-14-19(15-13-18)16-22-23(28)26(17-20-8-4-2-5-9-20)25(30)27(24(22)29)21-10-6-3-7-11-21;27-22-21(19-12-6-2-7-13-19)23(28)26(20-14-8-3-9-15-20)24(29)25(22)17-16-18-10-4-1-5-11-18;26-21-20(18-12-6-2-7-13-18)22(27)25(19-14-8-3-9-15-19)23(28)24(21)16-17-10-4-1-5-11-17;26-21-20(16-17-10-4-1-5-11-17)22(27)25(19-14-8-3-9-15-19)23(28)24(21)18-12-6-2-7-13-18;25-20-19(16-10-4-1-5-11-16)21(26)24(18-14-8-3-9-15-18)22(27)23(20)17-12-6-2-7-13-17/h2,4-5,8-9,12-15,21-22H,3,6-7,10-11,16-17H2,1H3;1-2,4-7,10-13,20-21H,3,8-9,14-17H2;1,3-5,8-11,14-15,18,20H,2,6-7,12-13,16H2;1,4-5,10-11,18-20H,2-3,6-9,12-16H2;1,4-5,10-11,17-19H,2-3,6-9,12-15H2. The van der Waals surface area contributed by atoms with Crippen molar-refractivity contribution in [1.82, 2.24) is 44.1 Å². The number of benzene rings is 8. The van der Waals surface area contributed by atoms with Crippen LogP contribution in [0.25, 0.3) is 0 Å². The number of aryl methyl sites for hydroxylation is 1. The van der Waals surface area contributed by atoms with Crippen molar-refractivity contribution in [2.75, 3.05) is 11.4 Å². The van der Waals surface area contributed by atoms with E-state index in [-0.39, 0.29) is 127 Å². The molecule has 0 N–H and O–H groups in total. The van der Waals surface area contributed by atoms with Crippen LogP contribution in [-0.4, -0.2) is 176 Å². The molecule has 12 fully saturated rings. The number of hydrogen-bond acceptors (Lipinski definition) is 15. The van der Waals surface area contributed by atoms with Crippen LogP contribution in [0.15, 0.2) is 237 Å². The first-order chi connectivity index (χ1) is 69.2. The molecule has 142 heavy (non-hydrogen) atoms. The van der Waals surface area contributed by atoms with Gasteiger partial charge in [0.05, 0.1) is 18.8 Å². The maximum absolute atomic E-state index is 13.4. The number of amides is 20. The zero-order chi connectivity index (χ0) is 99.1. The van der Waals surface area contributed by atoms with Crippen LogP contribution in [0.3, 0.4) is 0 Å². The Bertz CT molecular complexity index is 5620. The minimum atomic E-state index is -0.938. The van der Waals surface area contributed by atoms with Gasteiger partial charge in [0.25, 0.3) is 0 Å². The Morgan fingerprint density at radius 3 is 0.866 bits per heavy atom. The molecular formula is C117H136N10O15. The summed E-state index contributed by atoms with van der Waals surface area (Å²) < 4.78 is 0. The van der Waals surface area contributed by atoms with Gasteiger partial charge in [-0.05, 0) is 173 Å². The molecular weight excluding hydrogens is 1790 g/mol. The second-order valence-electron chi connectivity index (χ2n) is 40.5. The maximum atomic E-state index is 13.4. The molecule has 20 amide bonds. The van der Waals surface area contributed by atoms with Gasteiger partial charge in [0, 0.05) is 42.8 Å². The number of anilines is 1. The molecule has 5 heterocycles. The highest BCUT2D eigenvalue weighted by Gasteiger charge is 2.56. The number of barbiturate groups is 5. The molecule has 12 aliphatic rings. The number of nitrogens with zero attached hydrogens (tertiary/aromatic N) is 10. The van der Waals surface area contributed by atoms with Gasteiger partial charge in [-0.3, -0.25) is 92.0 Å². The van der Waals surface area contributed by atoms with Crippen molar-refractivity contribution in [3.8, 4) is 0 Å². The largest absolute Gasteiger partial charge is 0.338 e. The van der Waals surface area contributed by atoms with Gasteiger partial charge in [-0.25, -0.2) is 28.9 Å². The van der Waals surface area contributed by atoms with Crippen molar-refractivity contribution in [3.05, 3.63) is 281 Å². The molecule has 0 aromatic heterocycles. The fourth-order valence-corrected chi connectivity index (χ4v) is 23.3. The number of carbonyl (C=O) groups is 15. The van der Waals surface area contributed by atoms with Crippen LogP contribution in [-0.2, 0) is 80.3 Å². The molecule has 3 atom stereocenters. The summed E-state index contributed by atoms with van der Waals surface area (Å²) in [7, 11) is 0. The van der Waals surface area contributed by atoms with Gasteiger partial charge in [-0.2, -0.15) is 0 Å². The number of imide groups is 10. The Morgan fingerprint density at radius 2 is 0.500 bits per heavy atom. The lowest BCUT2D eigenvalue weighted by atomic mass is 9.78. The minimum absolute atomic E-state index is 0.00587. The van der Waals surface area contributed by atoms with Gasteiger partial charge in [-0.1, -0.05) is 365 Å². The van der Waals surface area contributed by atoms with Crippen LogP contribution in [0.1, 0.15) is 281 Å². The van der Waals surface area contributed by atoms with E-state index in [1.165, 1.54) is 49.0 Å². The summed E-state index contributed by atoms with van der Waals surface area (Å²) >= 11 is 0. The Morgan fingerprint density at radius 1 is 0.225 bits per heavy atom. The van der Waals surface area contributed by atoms with Crippen molar-refractivity contribution in [2.24, 2.45) is 23.7 Å². The van der Waals surface area contributed by atoms with E-state index in [1.807, 2.05) is 207 Å². The normalized spacial score (nSPS) is 22.0. The molecule has 744 valence electrons. The average Bonchev–Trinajstić information content (AvgIpc) is 0.775. The van der Waals surface area contributed by atoms with Gasteiger partial charge in [-0.15, -0.1) is 0 Å². The molecule has 25 nitrogen and oxygen atoms in total. The summed E-state index contributed by atoms with van der Waals surface area (Å²) in [5.41, 5.74) is 7.71. The Balaban J connectivity index is 0.000000128. The SMILES string of the molecule is Cc1ccc(CC2C(=O)N(Cc3ccccc3)C(=O)N(C3CCCCC3)C2=O)cc1.O=C1C(C2CCCCC2)C(=O)N(c2ccccc2)C(=O)N1Cc1ccccc1.O=C1C(Cc2ccccc2)C(=O)N(C2CCCCC2)C(=O)N1C1CCCCC1.O=C1C(c2ccccc2)C(=O)N(C2CCCCC2)C(=O)N1C1CCCCC1.O=C1C(c2ccccc2)C(=O)N(C2CCCCC2)C(=O)N1CCc1ccccc1. The summed E-state index contributed by atoms with van der Waals surface area (Å²) in [6.07, 6.45) is 35.6. The molecule has 0 spiro atoms. The summed E-state index contributed by atoms with van der Waals surface area (Å²) in [6, 6.07) is 70.9. The van der Waals surface area contributed by atoms with Gasteiger partial charge < -0.3 is 0 Å². The predicted molar refractivity (Wildman–Crippen MR) is 540 cm³/mol. The lowest BCUT2D eigenvalue weighted by molar-refractivity contribution is -0.154. The van der Waals surface area contributed by atoms with Crippen LogP contribution in [0.5, 0.6) is 0 Å². The molecule has 7 saturated carbocycles. The molecule has 5 saturated heterocycles. The van der Waals surface area contributed by atoms with E-state index >= 15 is 0 Å². The van der Waals surface area contributed by atoms with E-state index in [2.05, 4.69) is 0 Å². The highest BCUT2D eigenvalue weighted by molar-refractivity contribution is 6.28. The zero-order valence-corrected chi connectivity index (χ0v) is 82.0. The summed E-state index contributed by atoms with van der Waals surface area (Å²) in [5.74, 6) is -7.64. The van der Waals surface area contributed by atoms with Gasteiger partial charge in [0.1, 0.15) is 29.6 Å². The number of hydrogen-bond donors (Lipinski definition) is 0. The van der Waals surface area contributed by atoms with Crippen molar-refractivity contribution < 1.29 is 71.9 Å². The predicted octanol–water partition coefficient (Wildman–Crippen LogP) is 21.5. The molecule has 0 bridgehead atoms. The quantitative estimate of drug-likeness (QED) is 0.0604. The van der Waals surface area contributed by atoms with Crippen molar-refractivity contribution in [1.29, 1.82) is 0 Å². The number of carbonyl (C=O) groups excluding carboxylic acids is 15. The second-order valence-corrected chi connectivity index (χ2v) is 40.5. The molecule has 20 rings (SSSR count). The number of urea groups is 5. The van der Waals surface area contributed by atoms with E-state index in [0.29, 0.717) is 36.1 Å². The Hall–Kier alpha value is -13.2. The minimum Gasteiger partial charge on any atom is -0.273 e. The third kappa shape index (κ3) is 23.9. The van der Waals surface area contributed by atoms with Crippen LogP contribution in [0.2, 0.25) is 0 Å². The fourth-order valence-electron chi connectivity index (χ4n) is 23.3. The van der Waals surface area contributed by atoms with E-state index < -0.39 is 53.6 Å². The monoisotopic (exact) mass is 1920 g/mol. The molecule has 8 aromatic carbocycles. The second kappa shape index (κ2) is 49.0. The Kier molecular flexibility index (Phi) is 35.1. The first-order valence-corrected chi connectivity index (χ1v) is 52.5.